The standard InChI is InChI=1S/C16H21N5O2/c1-9-7-19-12(8-18-9)4-5-17-16(22)15-13-6-10(2)23-11(3)14(13)20-21-15/h7-8,10-11H,4-6H2,1-3H3,(H,17,22)(H,20,21)/t10-,11+/m1/s1. The molecule has 1 amide bonds. The Labute approximate surface area is 134 Å². The first-order valence-corrected chi connectivity index (χ1v) is 7.83. The maximum absolute atomic E-state index is 12.4. The van der Waals surface area contributed by atoms with Crippen LogP contribution in [0, 0.1) is 6.92 Å². The molecule has 7 nitrogen and oxygen atoms in total. The highest BCUT2D eigenvalue weighted by atomic mass is 16.5. The minimum absolute atomic E-state index is 0.0642. The van der Waals surface area contributed by atoms with Gasteiger partial charge in [0.25, 0.3) is 5.91 Å². The number of ether oxygens (including phenoxy) is 1. The quantitative estimate of drug-likeness (QED) is 0.892. The molecule has 0 bridgehead atoms. The predicted molar refractivity (Wildman–Crippen MR) is 84.1 cm³/mol. The zero-order chi connectivity index (χ0) is 16.4. The van der Waals surface area contributed by atoms with Crippen molar-refractivity contribution in [3.05, 3.63) is 40.7 Å². The van der Waals surface area contributed by atoms with E-state index in [1.54, 1.807) is 12.4 Å². The van der Waals surface area contributed by atoms with Gasteiger partial charge in [-0.25, -0.2) is 0 Å². The van der Waals surface area contributed by atoms with Gasteiger partial charge in [0.2, 0.25) is 0 Å². The highest BCUT2D eigenvalue weighted by Gasteiger charge is 2.29. The monoisotopic (exact) mass is 315 g/mol. The first kappa shape index (κ1) is 15.6. The summed E-state index contributed by atoms with van der Waals surface area (Å²) in [5.41, 5.74) is 4.07. The van der Waals surface area contributed by atoms with Gasteiger partial charge in [-0.15, -0.1) is 0 Å². The van der Waals surface area contributed by atoms with E-state index in [4.69, 9.17) is 4.74 Å². The van der Waals surface area contributed by atoms with Gasteiger partial charge in [-0.2, -0.15) is 5.10 Å². The fourth-order valence-corrected chi connectivity index (χ4v) is 2.80. The van der Waals surface area contributed by atoms with Crippen LogP contribution in [-0.4, -0.2) is 38.7 Å². The van der Waals surface area contributed by atoms with Crippen LogP contribution in [0.5, 0.6) is 0 Å². The van der Waals surface area contributed by atoms with Crippen molar-refractivity contribution in [2.75, 3.05) is 6.54 Å². The maximum Gasteiger partial charge on any atom is 0.272 e. The number of hydrogen-bond donors (Lipinski definition) is 2. The van der Waals surface area contributed by atoms with Crippen LogP contribution in [0.4, 0.5) is 0 Å². The lowest BCUT2D eigenvalue weighted by Crippen LogP contribution is -2.29. The minimum Gasteiger partial charge on any atom is -0.369 e. The summed E-state index contributed by atoms with van der Waals surface area (Å²) in [5, 5.41) is 10.0. The van der Waals surface area contributed by atoms with Crippen LogP contribution in [0.15, 0.2) is 12.4 Å². The zero-order valence-corrected chi connectivity index (χ0v) is 13.6. The van der Waals surface area contributed by atoms with Gasteiger partial charge < -0.3 is 10.1 Å². The molecule has 0 saturated heterocycles. The van der Waals surface area contributed by atoms with Crippen LogP contribution < -0.4 is 5.32 Å². The maximum atomic E-state index is 12.4. The molecule has 122 valence electrons. The average molecular weight is 315 g/mol. The number of aromatic amines is 1. The molecule has 2 aromatic heterocycles. The van der Waals surface area contributed by atoms with Crippen molar-refractivity contribution in [2.45, 2.75) is 45.8 Å². The van der Waals surface area contributed by atoms with Crippen molar-refractivity contribution in [2.24, 2.45) is 0 Å². The van der Waals surface area contributed by atoms with E-state index < -0.39 is 0 Å². The molecule has 0 fully saturated rings. The molecule has 23 heavy (non-hydrogen) atoms. The molecule has 0 aromatic carbocycles. The van der Waals surface area contributed by atoms with Crippen molar-refractivity contribution in [3.8, 4) is 0 Å². The Kier molecular flexibility index (Phi) is 4.38. The Morgan fingerprint density at radius 2 is 2.22 bits per heavy atom. The number of nitrogens with zero attached hydrogens (tertiary/aromatic N) is 3. The van der Waals surface area contributed by atoms with E-state index in [0.717, 1.165) is 22.6 Å². The van der Waals surface area contributed by atoms with E-state index in [1.807, 2.05) is 20.8 Å². The van der Waals surface area contributed by atoms with Gasteiger partial charge in [0.05, 0.1) is 29.3 Å². The van der Waals surface area contributed by atoms with Gasteiger partial charge in [0.15, 0.2) is 5.69 Å². The molecule has 0 spiro atoms. The summed E-state index contributed by atoms with van der Waals surface area (Å²) < 4.78 is 5.74. The van der Waals surface area contributed by atoms with E-state index in [2.05, 4.69) is 25.5 Å². The lowest BCUT2D eigenvalue weighted by molar-refractivity contribution is -0.00697. The lowest BCUT2D eigenvalue weighted by atomic mass is 9.99. The second-order valence-electron chi connectivity index (χ2n) is 5.91. The Morgan fingerprint density at radius 1 is 1.39 bits per heavy atom. The summed E-state index contributed by atoms with van der Waals surface area (Å²) >= 11 is 0. The summed E-state index contributed by atoms with van der Waals surface area (Å²) in [6, 6.07) is 0. The third kappa shape index (κ3) is 3.39. The van der Waals surface area contributed by atoms with Crippen LogP contribution >= 0.6 is 0 Å². The summed E-state index contributed by atoms with van der Waals surface area (Å²) in [6.45, 7) is 6.36. The second-order valence-corrected chi connectivity index (χ2v) is 5.91. The smallest absolute Gasteiger partial charge is 0.272 e. The van der Waals surface area contributed by atoms with Crippen LogP contribution in [-0.2, 0) is 17.6 Å². The van der Waals surface area contributed by atoms with Gasteiger partial charge in [-0.3, -0.25) is 19.9 Å². The zero-order valence-electron chi connectivity index (χ0n) is 13.6. The highest BCUT2D eigenvalue weighted by Crippen LogP contribution is 2.29. The normalized spacial score (nSPS) is 20.1. The number of nitrogens with one attached hydrogen (secondary N) is 2. The molecule has 1 aliphatic heterocycles. The SMILES string of the molecule is Cc1cnc(CCNC(=O)c2n[nH]c3c2C[C@@H](C)O[C@H]3C)cn1. The van der Waals surface area contributed by atoms with Crippen molar-refractivity contribution in [3.63, 3.8) is 0 Å². The summed E-state index contributed by atoms with van der Waals surface area (Å²) in [5.74, 6) is -0.163. The number of carbonyl (C=O) groups is 1. The molecule has 7 heteroatoms. The van der Waals surface area contributed by atoms with Crippen molar-refractivity contribution in [1.82, 2.24) is 25.5 Å². The number of carbonyl (C=O) groups excluding carboxylic acids is 1. The average Bonchev–Trinajstić information content (AvgIpc) is 2.93. The number of hydrogen-bond acceptors (Lipinski definition) is 5. The number of aryl methyl sites for hydroxylation is 1. The molecular formula is C16H21N5O2. The molecule has 0 radical (unpaired) electrons. The lowest BCUT2D eigenvalue weighted by Gasteiger charge is -2.25. The molecule has 0 saturated carbocycles. The first-order chi connectivity index (χ1) is 11.0. The third-order valence-electron chi connectivity index (χ3n) is 3.95. The second kappa shape index (κ2) is 6.45. The molecule has 1 aliphatic rings. The van der Waals surface area contributed by atoms with Crippen LogP contribution in [0.3, 0.4) is 0 Å². The van der Waals surface area contributed by atoms with Crippen molar-refractivity contribution in [1.29, 1.82) is 0 Å². The molecular weight excluding hydrogens is 294 g/mol. The van der Waals surface area contributed by atoms with Crippen molar-refractivity contribution < 1.29 is 9.53 Å². The van der Waals surface area contributed by atoms with Gasteiger partial charge in [-0.05, 0) is 20.8 Å². The molecule has 3 heterocycles. The first-order valence-electron chi connectivity index (χ1n) is 7.83. The van der Waals surface area contributed by atoms with E-state index in [0.29, 0.717) is 25.1 Å². The number of fused-ring (bicyclic) bond motifs is 1. The summed E-state index contributed by atoms with van der Waals surface area (Å²) in [4.78, 5) is 20.8. The van der Waals surface area contributed by atoms with Gasteiger partial charge in [0.1, 0.15) is 0 Å². The molecule has 2 aromatic rings. The Balaban J connectivity index is 1.62. The molecule has 3 rings (SSSR count). The number of H-pyrrole nitrogens is 1. The largest absolute Gasteiger partial charge is 0.369 e. The Bertz CT molecular complexity index is 695. The number of aromatic nitrogens is 4. The van der Waals surface area contributed by atoms with Crippen LogP contribution in [0.25, 0.3) is 0 Å². The highest BCUT2D eigenvalue weighted by molar-refractivity contribution is 5.94. The fraction of sp³-hybridized carbons (Fsp3) is 0.500. The van der Waals surface area contributed by atoms with E-state index >= 15 is 0 Å². The molecule has 2 N–H and O–H groups in total. The van der Waals surface area contributed by atoms with Crippen LogP contribution in [0.2, 0.25) is 0 Å². The van der Waals surface area contributed by atoms with Gasteiger partial charge >= 0.3 is 0 Å². The fourth-order valence-electron chi connectivity index (χ4n) is 2.80. The van der Waals surface area contributed by atoms with E-state index in [-0.39, 0.29) is 18.1 Å². The number of amides is 1. The molecule has 2 atom stereocenters. The van der Waals surface area contributed by atoms with Gasteiger partial charge in [0, 0.05) is 37.3 Å². The predicted octanol–water partition coefficient (Wildman–Crippen LogP) is 1.50. The molecule has 0 unspecified atom stereocenters. The van der Waals surface area contributed by atoms with E-state index in [9.17, 15) is 4.79 Å². The number of rotatable bonds is 4. The Morgan fingerprint density at radius 3 is 2.96 bits per heavy atom. The topological polar surface area (TPSA) is 92.8 Å². The molecule has 0 aliphatic carbocycles. The Hall–Kier alpha value is -2.28. The summed E-state index contributed by atoms with van der Waals surface area (Å²) in [7, 11) is 0. The van der Waals surface area contributed by atoms with Crippen molar-refractivity contribution >= 4 is 5.91 Å². The van der Waals surface area contributed by atoms with E-state index in [1.165, 1.54) is 0 Å². The summed E-state index contributed by atoms with van der Waals surface area (Å²) in [6.07, 6.45) is 4.82. The van der Waals surface area contributed by atoms with Gasteiger partial charge in [-0.1, -0.05) is 0 Å². The third-order valence-corrected chi connectivity index (χ3v) is 3.95. The van der Waals surface area contributed by atoms with Crippen LogP contribution in [0.1, 0.15) is 53.1 Å². The minimum atomic E-state index is -0.163.